The number of halogens is 1. The summed E-state index contributed by atoms with van der Waals surface area (Å²) in [5.41, 5.74) is 4.10. The first-order valence-corrected chi connectivity index (χ1v) is 12.8. The van der Waals surface area contributed by atoms with Crippen molar-refractivity contribution in [2.24, 2.45) is 4.99 Å². The van der Waals surface area contributed by atoms with Crippen LogP contribution in [0.3, 0.4) is 0 Å². The lowest BCUT2D eigenvalue weighted by molar-refractivity contribution is -0.138. The lowest BCUT2D eigenvalue weighted by Gasteiger charge is -2.26. The second-order valence-electron chi connectivity index (χ2n) is 8.40. The second kappa shape index (κ2) is 10.1. The number of benzene rings is 3. The number of carbonyl (C=O) groups is 1. The van der Waals surface area contributed by atoms with Crippen molar-refractivity contribution in [3.05, 3.63) is 131 Å². The van der Waals surface area contributed by atoms with Crippen LogP contribution in [0.1, 0.15) is 35.2 Å². The number of aromatic nitrogens is 1. The molecule has 0 N–H and O–H groups in total. The van der Waals surface area contributed by atoms with E-state index in [4.69, 9.17) is 21.3 Å². The number of rotatable bonds is 5. The summed E-state index contributed by atoms with van der Waals surface area (Å²) < 4.78 is 7.58. The van der Waals surface area contributed by atoms with Crippen molar-refractivity contribution in [2.45, 2.75) is 19.9 Å². The van der Waals surface area contributed by atoms with Crippen molar-refractivity contribution in [1.82, 2.24) is 4.57 Å². The van der Waals surface area contributed by atoms with E-state index in [9.17, 15) is 9.59 Å². The average Bonchev–Trinajstić information content (AvgIpc) is 3.19. The zero-order chi connectivity index (χ0) is 25.2. The van der Waals surface area contributed by atoms with Crippen molar-refractivity contribution in [1.29, 1.82) is 0 Å². The number of nitrogens with zero attached hydrogens (tertiary/aromatic N) is 2. The molecule has 36 heavy (non-hydrogen) atoms. The minimum Gasteiger partial charge on any atom is -0.463 e. The molecule has 0 radical (unpaired) electrons. The number of ether oxygens (including phenoxy) is 1. The van der Waals surface area contributed by atoms with E-state index in [0.717, 1.165) is 16.7 Å². The van der Waals surface area contributed by atoms with Crippen LogP contribution in [0, 0.1) is 6.92 Å². The highest BCUT2D eigenvalue weighted by Gasteiger charge is 2.35. The molecule has 5 nitrogen and oxygen atoms in total. The molecule has 1 aliphatic heterocycles. The number of hydrogen-bond donors (Lipinski definition) is 0. The topological polar surface area (TPSA) is 60.7 Å². The molecule has 1 atom stereocenters. The molecule has 0 aliphatic carbocycles. The molecule has 5 rings (SSSR count). The Labute approximate surface area is 217 Å². The lowest BCUT2D eigenvalue weighted by Crippen LogP contribution is -2.40. The third kappa shape index (κ3) is 4.57. The number of thiazole rings is 1. The first kappa shape index (κ1) is 24.0. The number of aryl methyl sites for hydroxylation is 1. The third-order valence-electron chi connectivity index (χ3n) is 5.91. The zero-order valence-corrected chi connectivity index (χ0v) is 21.3. The Kier molecular flexibility index (Phi) is 6.72. The Bertz CT molecular complexity index is 1650. The van der Waals surface area contributed by atoms with Gasteiger partial charge in [0.15, 0.2) is 4.80 Å². The van der Waals surface area contributed by atoms with Gasteiger partial charge in [0.2, 0.25) is 0 Å². The van der Waals surface area contributed by atoms with Gasteiger partial charge < -0.3 is 4.74 Å². The number of fused-ring (bicyclic) bond motifs is 1. The van der Waals surface area contributed by atoms with Crippen molar-refractivity contribution in [3.8, 4) is 0 Å². The molecule has 0 amide bonds. The maximum Gasteiger partial charge on any atom is 0.338 e. The Morgan fingerprint density at radius 1 is 1.08 bits per heavy atom. The highest BCUT2D eigenvalue weighted by Crippen LogP contribution is 2.35. The van der Waals surface area contributed by atoms with E-state index >= 15 is 0 Å². The van der Waals surface area contributed by atoms with Gasteiger partial charge in [-0.2, -0.15) is 0 Å². The maximum absolute atomic E-state index is 13.8. The maximum atomic E-state index is 13.8. The van der Waals surface area contributed by atoms with E-state index < -0.39 is 12.0 Å². The van der Waals surface area contributed by atoms with Gasteiger partial charge in [-0.25, -0.2) is 9.79 Å². The molecule has 1 aliphatic rings. The number of carbonyl (C=O) groups excluding carboxylic acids is 1. The van der Waals surface area contributed by atoms with E-state index in [1.165, 1.54) is 11.3 Å². The molecule has 7 heteroatoms. The zero-order valence-electron chi connectivity index (χ0n) is 19.8. The Morgan fingerprint density at radius 3 is 2.53 bits per heavy atom. The third-order valence-corrected chi connectivity index (χ3v) is 7.13. The molecule has 2 heterocycles. The first-order valence-electron chi connectivity index (χ1n) is 11.6. The van der Waals surface area contributed by atoms with E-state index in [1.807, 2.05) is 79.7 Å². The predicted molar refractivity (Wildman–Crippen MR) is 144 cm³/mol. The van der Waals surface area contributed by atoms with Crippen LogP contribution in [0.15, 0.2) is 94.2 Å². The van der Waals surface area contributed by atoms with Crippen molar-refractivity contribution in [2.75, 3.05) is 6.61 Å². The molecular weight excluding hydrogens is 492 g/mol. The van der Waals surface area contributed by atoms with Crippen LogP contribution in [0.4, 0.5) is 0 Å². The summed E-state index contributed by atoms with van der Waals surface area (Å²) in [5, 5.41) is 0.510. The standard InChI is InChI=1S/C29H23ClN2O3S/c1-3-35-28(34)24-25(20-8-5-4-6-9-20)31-29-32(26(24)21-10-7-11-22(30)17-21)27(33)23(36-29)16-19-14-12-18(2)13-15-19/h4-17,26H,3H2,1-2H3/b23-16-/t26-/m1/s1. The van der Waals surface area contributed by atoms with E-state index in [-0.39, 0.29) is 12.2 Å². The van der Waals surface area contributed by atoms with Crippen molar-refractivity contribution in [3.63, 3.8) is 0 Å². The van der Waals surface area contributed by atoms with Gasteiger partial charge in [-0.1, -0.05) is 95.2 Å². The first-order chi connectivity index (χ1) is 17.5. The van der Waals surface area contributed by atoms with Crippen LogP contribution in [0.5, 0.6) is 0 Å². The molecular formula is C29H23ClN2O3S. The Hall–Kier alpha value is -3.74. The van der Waals surface area contributed by atoms with E-state index in [0.29, 0.717) is 31.2 Å². The lowest BCUT2D eigenvalue weighted by atomic mass is 9.93. The van der Waals surface area contributed by atoms with Gasteiger partial charge in [0.25, 0.3) is 5.56 Å². The summed E-state index contributed by atoms with van der Waals surface area (Å²) in [4.78, 5) is 32.6. The molecule has 0 fully saturated rings. The van der Waals surface area contributed by atoms with Crippen LogP contribution in [0.2, 0.25) is 5.02 Å². The smallest absolute Gasteiger partial charge is 0.338 e. The highest BCUT2D eigenvalue weighted by molar-refractivity contribution is 7.07. The Morgan fingerprint density at radius 2 is 1.83 bits per heavy atom. The van der Waals surface area contributed by atoms with E-state index in [1.54, 1.807) is 23.6 Å². The monoisotopic (exact) mass is 514 g/mol. The summed E-state index contributed by atoms with van der Waals surface area (Å²) in [6.45, 7) is 3.97. The fraction of sp³-hybridized carbons (Fsp3) is 0.138. The molecule has 0 spiro atoms. The van der Waals surface area contributed by atoms with Gasteiger partial charge in [0, 0.05) is 10.6 Å². The minimum atomic E-state index is -0.741. The Balaban J connectivity index is 1.83. The molecule has 0 bridgehead atoms. The number of esters is 1. The summed E-state index contributed by atoms with van der Waals surface area (Å²) in [6, 6.07) is 23.9. The quantitative estimate of drug-likeness (QED) is 0.356. The summed E-state index contributed by atoms with van der Waals surface area (Å²) in [6.07, 6.45) is 1.86. The van der Waals surface area contributed by atoms with Crippen LogP contribution in [0.25, 0.3) is 11.8 Å². The minimum absolute atomic E-state index is 0.199. The van der Waals surface area contributed by atoms with Crippen LogP contribution >= 0.6 is 22.9 Å². The van der Waals surface area contributed by atoms with Crippen molar-refractivity contribution < 1.29 is 9.53 Å². The normalized spacial score (nSPS) is 15.4. The van der Waals surface area contributed by atoms with Crippen LogP contribution < -0.4 is 14.9 Å². The fourth-order valence-corrected chi connectivity index (χ4v) is 5.45. The van der Waals surface area contributed by atoms with Gasteiger partial charge in [0.05, 0.1) is 28.5 Å². The molecule has 0 unspecified atom stereocenters. The van der Waals surface area contributed by atoms with Gasteiger partial charge in [-0.3, -0.25) is 9.36 Å². The van der Waals surface area contributed by atoms with Gasteiger partial charge in [-0.15, -0.1) is 0 Å². The molecule has 4 aromatic rings. The summed E-state index contributed by atoms with van der Waals surface area (Å²) >= 11 is 7.65. The van der Waals surface area contributed by atoms with Gasteiger partial charge in [0.1, 0.15) is 0 Å². The summed E-state index contributed by atoms with van der Waals surface area (Å²) in [5.74, 6) is -0.516. The fourth-order valence-electron chi connectivity index (χ4n) is 4.25. The van der Waals surface area contributed by atoms with Crippen molar-refractivity contribution >= 4 is 40.7 Å². The van der Waals surface area contributed by atoms with Crippen LogP contribution in [-0.4, -0.2) is 17.1 Å². The second-order valence-corrected chi connectivity index (χ2v) is 9.84. The molecule has 0 saturated carbocycles. The summed E-state index contributed by atoms with van der Waals surface area (Å²) in [7, 11) is 0. The molecule has 180 valence electrons. The molecule has 3 aromatic carbocycles. The SMILES string of the molecule is CCOC(=O)C1=C(c2ccccc2)N=c2s/c(=C\c3ccc(C)cc3)c(=O)n2[C@@H]1c1cccc(Cl)c1. The largest absolute Gasteiger partial charge is 0.463 e. The van der Waals surface area contributed by atoms with E-state index in [2.05, 4.69) is 0 Å². The van der Waals surface area contributed by atoms with Gasteiger partial charge >= 0.3 is 5.97 Å². The molecule has 1 aromatic heterocycles. The molecule has 0 saturated heterocycles. The predicted octanol–water partition coefficient (Wildman–Crippen LogP) is 4.90. The van der Waals surface area contributed by atoms with Gasteiger partial charge in [-0.05, 0) is 43.2 Å². The number of hydrogen-bond acceptors (Lipinski definition) is 5. The van der Waals surface area contributed by atoms with Crippen LogP contribution in [-0.2, 0) is 9.53 Å². The highest BCUT2D eigenvalue weighted by atomic mass is 35.5. The average molecular weight is 515 g/mol.